The van der Waals surface area contributed by atoms with E-state index in [0.29, 0.717) is 0 Å². The van der Waals surface area contributed by atoms with Gasteiger partial charge in [-0.2, -0.15) is 0 Å². The molecule has 0 aliphatic heterocycles. The van der Waals surface area contributed by atoms with Gasteiger partial charge in [-0.3, -0.25) is 0 Å². The Balaban J connectivity index is 2.36. The molecule has 0 spiro atoms. The van der Waals surface area contributed by atoms with Crippen LogP contribution in [0.5, 0.6) is 0 Å². The quantitative estimate of drug-likeness (QED) is 0.702. The fourth-order valence-electron chi connectivity index (χ4n) is 1.75. The molecule has 2 N–H and O–H groups in total. The largest absolute Gasteiger partial charge is 0.385 e. The Kier molecular flexibility index (Phi) is 6.63. The minimum atomic E-state index is 0.754. The third-order valence-electron chi connectivity index (χ3n) is 2.96. The van der Waals surface area contributed by atoms with Gasteiger partial charge in [0.05, 0.1) is 0 Å². The van der Waals surface area contributed by atoms with Crippen LogP contribution in [0, 0.1) is 11.8 Å². The Hall–Kier alpha value is -1.18. The molecule has 0 aliphatic carbocycles. The number of hydrogen-bond donors (Lipinski definition) is 2. The first-order valence-corrected chi connectivity index (χ1v) is 7.15. The first kappa shape index (κ1) is 14.9. The summed E-state index contributed by atoms with van der Waals surface area (Å²) in [6.45, 7) is 11.1. The zero-order valence-corrected chi connectivity index (χ0v) is 12.3. The van der Waals surface area contributed by atoms with Crippen molar-refractivity contribution in [3.8, 4) is 0 Å². The van der Waals surface area contributed by atoms with Crippen LogP contribution in [0.25, 0.3) is 0 Å². The molecule has 0 bridgehead atoms. The highest BCUT2D eigenvalue weighted by molar-refractivity contribution is 5.56. The van der Waals surface area contributed by atoms with E-state index < -0.39 is 0 Å². The first-order chi connectivity index (χ1) is 8.58. The maximum atomic E-state index is 3.48. The van der Waals surface area contributed by atoms with Crippen molar-refractivity contribution in [1.29, 1.82) is 0 Å². The first-order valence-electron chi connectivity index (χ1n) is 7.15. The van der Waals surface area contributed by atoms with E-state index in [1.54, 1.807) is 0 Å². The van der Waals surface area contributed by atoms with E-state index in [-0.39, 0.29) is 0 Å². The fourth-order valence-corrected chi connectivity index (χ4v) is 1.75. The van der Waals surface area contributed by atoms with E-state index in [0.717, 1.165) is 24.9 Å². The molecule has 2 nitrogen and oxygen atoms in total. The minimum Gasteiger partial charge on any atom is -0.385 e. The molecule has 1 aromatic carbocycles. The number of benzene rings is 1. The summed E-state index contributed by atoms with van der Waals surface area (Å²) in [5, 5.41) is 6.95. The van der Waals surface area contributed by atoms with Gasteiger partial charge in [0.1, 0.15) is 0 Å². The average molecular weight is 248 g/mol. The summed E-state index contributed by atoms with van der Waals surface area (Å²) in [6.07, 6.45) is 2.43. The van der Waals surface area contributed by atoms with E-state index in [1.807, 2.05) is 0 Å². The standard InChI is InChI=1S/C16H28N2/c1-13(2)8-10-17-15-6-5-7-16(12-15)18-11-9-14(3)4/h5-7,12-14,17-18H,8-11H2,1-4H3. The third-order valence-corrected chi connectivity index (χ3v) is 2.96. The normalized spacial score (nSPS) is 11.0. The number of rotatable bonds is 8. The van der Waals surface area contributed by atoms with Gasteiger partial charge in [0.25, 0.3) is 0 Å². The van der Waals surface area contributed by atoms with Crippen LogP contribution in [0.15, 0.2) is 24.3 Å². The average Bonchev–Trinajstić information content (AvgIpc) is 2.28. The highest BCUT2D eigenvalue weighted by Gasteiger charge is 1.98. The van der Waals surface area contributed by atoms with Crippen molar-refractivity contribution in [1.82, 2.24) is 0 Å². The molecule has 102 valence electrons. The van der Waals surface area contributed by atoms with Crippen LogP contribution in [0.1, 0.15) is 40.5 Å². The predicted molar refractivity (Wildman–Crippen MR) is 82.3 cm³/mol. The third kappa shape index (κ3) is 6.53. The number of hydrogen-bond acceptors (Lipinski definition) is 2. The van der Waals surface area contributed by atoms with Crippen LogP contribution < -0.4 is 10.6 Å². The second-order valence-electron chi connectivity index (χ2n) is 5.80. The highest BCUT2D eigenvalue weighted by atomic mass is 14.9. The summed E-state index contributed by atoms with van der Waals surface area (Å²) >= 11 is 0. The lowest BCUT2D eigenvalue weighted by Crippen LogP contribution is -2.07. The minimum absolute atomic E-state index is 0.754. The van der Waals surface area contributed by atoms with E-state index in [4.69, 9.17) is 0 Å². The zero-order valence-electron chi connectivity index (χ0n) is 12.3. The summed E-state index contributed by atoms with van der Waals surface area (Å²) in [5.74, 6) is 1.51. The smallest absolute Gasteiger partial charge is 0.0360 e. The Morgan fingerprint density at radius 3 is 1.67 bits per heavy atom. The molecule has 0 unspecified atom stereocenters. The molecule has 2 heteroatoms. The molecule has 0 saturated heterocycles. The summed E-state index contributed by atoms with van der Waals surface area (Å²) < 4.78 is 0. The van der Waals surface area contributed by atoms with Crippen LogP contribution in [0.4, 0.5) is 11.4 Å². The fraction of sp³-hybridized carbons (Fsp3) is 0.625. The molecule has 0 atom stereocenters. The molecule has 0 amide bonds. The lowest BCUT2D eigenvalue weighted by Gasteiger charge is -2.12. The van der Waals surface area contributed by atoms with E-state index in [9.17, 15) is 0 Å². The predicted octanol–water partition coefficient (Wildman–Crippen LogP) is 4.60. The van der Waals surface area contributed by atoms with Gasteiger partial charge < -0.3 is 10.6 Å². The maximum Gasteiger partial charge on any atom is 0.0360 e. The second-order valence-corrected chi connectivity index (χ2v) is 5.80. The van der Waals surface area contributed by atoms with Crippen LogP contribution in [-0.4, -0.2) is 13.1 Å². The molecule has 0 radical (unpaired) electrons. The summed E-state index contributed by atoms with van der Waals surface area (Å²) in [6, 6.07) is 8.57. The Bertz CT molecular complexity index is 302. The molecule has 0 heterocycles. The molecule has 1 aromatic rings. The SMILES string of the molecule is CC(C)CCNc1cccc(NCCC(C)C)c1. The second kappa shape index (κ2) is 8.02. The zero-order chi connectivity index (χ0) is 13.4. The summed E-state index contributed by atoms with van der Waals surface area (Å²) in [5.41, 5.74) is 2.43. The van der Waals surface area contributed by atoms with Crippen LogP contribution in [0.2, 0.25) is 0 Å². The van der Waals surface area contributed by atoms with Crippen molar-refractivity contribution in [3.63, 3.8) is 0 Å². The van der Waals surface area contributed by atoms with Gasteiger partial charge in [0.15, 0.2) is 0 Å². The molecule has 0 aliphatic rings. The van der Waals surface area contributed by atoms with Gasteiger partial charge in [0.2, 0.25) is 0 Å². The van der Waals surface area contributed by atoms with Crippen molar-refractivity contribution < 1.29 is 0 Å². The summed E-state index contributed by atoms with van der Waals surface area (Å²) in [4.78, 5) is 0. The number of anilines is 2. The molecule has 1 rings (SSSR count). The molecule has 18 heavy (non-hydrogen) atoms. The van der Waals surface area contributed by atoms with Gasteiger partial charge >= 0.3 is 0 Å². The van der Waals surface area contributed by atoms with Crippen molar-refractivity contribution in [2.45, 2.75) is 40.5 Å². The van der Waals surface area contributed by atoms with E-state index >= 15 is 0 Å². The van der Waals surface area contributed by atoms with Gasteiger partial charge in [0, 0.05) is 24.5 Å². The van der Waals surface area contributed by atoms with Crippen LogP contribution in [-0.2, 0) is 0 Å². The molecule has 0 saturated carbocycles. The Morgan fingerprint density at radius 2 is 1.28 bits per heavy atom. The monoisotopic (exact) mass is 248 g/mol. The summed E-state index contributed by atoms with van der Waals surface area (Å²) in [7, 11) is 0. The van der Waals surface area contributed by atoms with Crippen LogP contribution >= 0.6 is 0 Å². The van der Waals surface area contributed by atoms with Crippen molar-refractivity contribution in [2.75, 3.05) is 23.7 Å². The Labute approximate surface area is 112 Å². The maximum absolute atomic E-state index is 3.48. The van der Waals surface area contributed by atoms with Gasteiger partial charge in [-0.05, 0) is 42.9 Å². The molecular weight excluding hydrogens is 220 g/mol. The van der Waals surface area contributed by atoms with Crippen LogP contribution in [0.3, 0.4) is 0 Å². The lowest BCUT2D eigenvalue weighted by molar-refractivity contribution is 0.607. The van der Waals surface area contributed by atoms with Gasteiger partial charge in [-0.15, -0.1) is 0 Å². The number of nitrogens with one attached hydrogen (secondary N) is 2. The van der Waals surface area contributed by atoms with Gasteiger partial charge in [-0.25, -0.2) is 0 Å². The van der Waals surface area contributed by atoms with Gasteiger partial charge in [-0.1, -0.05) is 33.8 Å². The Morgan fingerprint density at radius 1 is 0.833 bits per heavy atom. The molecule has 0 fully saturated rings. The topological polar surface area (TPSA) is 24.1 Å². The lowest BCUT2D eigenvalue weighted by atomic mass is 10.1. The van der Waals surface area contributed by atoms with E-state index in [2.05, 4.69) is 62.6 Å². The van der Waals surface area contributed by atoms with E-state index in [1.165, 1.54) is 24.2 Å². The van der Waals surface area contributed by atoms with Crippen molar-refractivity contribution in [2.24, 2.45) is 11.8 Å². The molecule has 0 aromatic heterocycles. The highest BCUT2D eigenvalue weighted by Crippen LogP contribution is 2.15. The molecular formula is C16H28N2. The van der Waals surface area contributed by atoms with Crippen molar-refractivity contribution >= 4 is 11.4 Å². The van der Waals surface area contributed by atoms with Crippen molar-refractivity contribution in [3.05, 3.63) is 24.3 Å².